The molecule has 0 fully saturated rings. The highest BCUT2D eigenvalue weighted by molar-refractivity contribution is 5.97. The van der Waals surface area contributed by atoms with Crippen molar-refractivity contribution in [3.8, 4) is 6.07 Å². The van der Waals surface area contributed by atoms with Crippen LogP contribution in [-0.2, 0) is 6.54 Å². The van der Waals surface area contributed by atoms with Gasteiger partial charge in [0.2, 0.25) is 0 Å². The second kappa shape index (κ2) is 4.61. The van der Waals surface area contributed by atoms with Crippen LogP contribution in [0, 0.1) is 11.3 Å². The first-order valence-corrected chi connectivity index (χ1v) is 4.82. The Bertz CT molecular complexity index is 447. The minimum absolute atomic E-state index is 0.00792. The molecule has 0 saturated carbocycles. The number of carbonyl (C=O) groups is 1. The lowest BCUT2D eigenvalue weighted by Gasteiger charge is -2.05. The molecule has 0 spiro atoms. The lowest BCUT2D eigenvalue weighted by atomic mass is 10.1. The van der Waals surface area contributed by atoms with Gasteiger partial charge in [-0.2, -0.15) is 5.26 Å². The molecule has 0 bridgehead atoms. The van der Waals surface area contributed by atoms with Gasteiger partial charge in [-0.15, -0.1) is 0 Å². The second-order valence-electron chi connectivity index (χ2n) is 3.39. The van der Waals surface area contributed by atoms with E-state index >= 15 is 0 Å². The summed E-state index contributed by atoms with van der Waals surface area (Å²) in [4.78, 5) is 11.5. The molecule has 78 valence electrons. The van der Waals surface area contributed by atoms with Gasteiger partial charge < -0.3 is 4.57 Å². The molecule has 0 unspecified atom stereocenters. The van der Waals surface area contributed by atoms with Gasteiger partial charge in [0.1, 0.15) is 6.54 Å². The van der Waals surface area contributed by atoms with Crippen molar-refractivity contribution in [1.29, 1.82) is 5.26 Å². The Morgan fingerprint density at radius 3 is 2.73 bits per heavy atom. The minimum Gasteiger partial charge on any atom is -0.331 e. The molecule has 1 rings (SSSR count). The molecule has 0 saturated heterocycles. The number of ketones is 1. The zero-order valence-corrected chi connectivity index (χ0v) is 9.24. The third-order valence-corrected chi connectivity index (χ3v) is 2.40. The fraction of sp³-hybridized carbons (Fsp3) is 0.333. The molecule has 0 amide bonds. The van der Waals surface area contributed by atoms with E-state index in [4.69, 9.17) is 5.26 Å². The van der Waals surface area contributed by atoms with Crippen LogP contribution in [0.25, 0.3) is 5.57 Å². The summed E-state index contributed by atoms with van der Waals surface area (Å²) < 4.78 is 1.69. The summed E-state index contributed by atoms with van der Waals surface area (Å²) in [5.74, 6) is -0.00792. The summed E-state index contributed by atoms with van der Waals surface area (Å²) >= 11 is 0. The van der Waals surface area contributed by atoms with Crippen LogP contribution in [0.1, 0.15) is 36.8 Å². The molecule has 15 heavy (non-hydrogen) atoms. The maximum atomic E-state index is 11.5. The summed E-state index contributed by atoms with van der Waals surface area (Å²) in [6, 6.07) is 3.92. The largest absolute Gasteiger partial charge is 0.331 e. The van der Waals surface area contributed by atoms with Crippen LogP contribution in [0.3, 0.4) is 0 Å². The third kappa shape index (κ3) is 2.16. The Labute approximate surface area is 89.6 Å². The fourth-order valence-electron chi connectivity index (χ4n) is 1.55. The molecule has 0 radical (unpaired) electrons. The van der Waals surface area contributed by atoms with Crippen molar-refractivity contribution in [1.82, 2.24) is 4.57 Å². The van der Waals surface area contributed by atoms with Crippen molar-refractivity contribution in [2.75, 3.05) is 0 Å². The van der Waals surface area contributed by atoms with Gasteiger partial charge in [-0.1, -0.05) is 6.08 Å². The van der Waals surface area contributed by atoms with E-state index in [2.05, 4.69) is 0 Å². The number of allylic oxidation sites excluding steroid dienone is 2. The molecule has 0 aromatic carbocycles. The van der Waals surface area contributed by atoms with Crippen LogP contribution >= 0.6 is 0 Å². The summed E-state index contributed by atoms with van der Waals surface area (Å²) in [6.07, 6.45) is 3.74. The average molecular weight is 202 g/mol. The monoisotopic (exact) mass is 202 g/mol. The molecular weight excluding hydrogens is 188 g/mol. The molecule has 0 N–H and O–H groups in total. The Kier molecular flexibility index (Phi) is 3.46. The lowest BCUT2D eigenvalue weighted by Crippen LogP contribution is -2.06. The van der Waals surface area contributed by atoms with Gasteiger partial charge >= 0.3 is 0 Å². The number of nitrogens with zero attached hydrogens (tertiary/aromatic N) is 2. The van der Waals surface area contributed by atoms with Crippen molar-refractivity contribution in [3.05, 3.63) is 29.6 Å². The van der Waals surface area contributed by atoms with E-state index in [9.17, 15) is 4.79 Å². The smallest absolute Gasteiger partial charge is 0.176 e. The van der Waals surface area contributed by atoms with Crippen molar-refractivity contribution in [3.63, 3.8) is 0 Å². The third-order valence-electron chi connectivity index (χ3n) is 2.40. The number of nitriles is 1. The van der Waals surface area contributed by atoms with Gasteiger partial charge in [-0.05, 0) is 25.5 Å². The number of hydrogen-bond acceptors (Lipinski definition) is 2. The highest BCUT2D eigenvalue weighted by atomic mass is 16.1. The van der Waals surface area contributed by atoms with Gasteiger partial charge in [0, 0.05) is 18.7 Å². The van der Waals surface area contributed by atoms with E-state index < -0.39 is 0 Å². The second-order valence-corrected chi connectivity index (χ2v) is 3.39. The van der Waals surface area contributed by atoms with Gasteiger partial charge in [0.15, 0.2) is 5.78 Å². The maximum Gasteiger partial charge on any atom is 0.176 e. The molecule has 3 nitrogen and oxygen atoms in total. The van der Waals surface area contributed by atoms with Crippen molar-refractivity contribution in [2.24, 2.45) is 0 Å². The van der Waals surface area contributed by atoms with Crippen LogP contribution in [0.15, 0.2) is 18.3 Å². The SMILES string of the molecule is C/C=C(/C)c1ccn(CC#N)c1C(C)=O. The van der Waals surface area contributed by atoms with Crippen molar-refractivity contribution >= 4 is 11.4 Å². The molecule has 1 heterocycles. The first-order chi connectivity index (χ1) is 7.11. The predicted octanol–water partition coefficient (Wildman–Crippen LogP) is 2.64. The van der Waals surface area contributed by atoms with Gasteiger partial charge in [-0.25, -0.2) is 0 Å². The predicted molar refractivity (Wildman–Crippen MR) is 59.4 cm³/mol. The zero-order valence-electron chi connectivity index (χ0n) is 9.24. The molecule has 0 aliphatic rings. The highest BCUT2D eigenvalue weighted by Crippen LogP contribution is 2.20. The van der Waals surface area contributed by atoms with E-state index in [1.165, 1.54) is 6.92 Å². The Hall–Kier alpha value is -1.82. The summed E-state index contributed by atoms with van der Waals surface area (Å²) in [5.41, 5.74) is 2.59. The number of carbonyl (C=O) groups excluding carboxylic acids is 1. The molecule has 0 aliphatic carbocycles. The molecule has 1 aromatic heterocycles. The van der Waals surface area contributed by atoms with Crippen LogP contribution in [0.5, 0.6) is 0 Å². The average Bonchev–Trinajstić information content (AvgIpc) is 2.61. The standard InChI is InChI=1S/C12H14N2O/c1-4-9(2)11-5-7-14(8-6-13)12(11)10(3)15/h4-5,7H,8H2,1-3H3/b9-4-. The van der Waals surface area contributed by atoms with Crippen LogP contribution < -0.4 is 0 Å². The topological polar surface area (TPSA) is 45.8 Å². The van der Waals surface area contributed by atoms with Gasteiger partial charge in [0.25, 0.3) is 0 Å². The lowest BCUT2D eigenvalue weighted by molar-refractivity contribution is 0.100. The van der Waals surface area contributed by atoms with E-state index in [0.717, 1.165) is 11.1 Å². The van der Waals surface area contributed by atoms with E-state index in [-0.39, 0.29) is 12.3 Å². The van der Waals surface area contributed by atoms with Gasteiger partial charge in [0.05, 0.1) is 11.8 Å². The van der Waals surface area contributed by atoms with Crippen molar-refractivity contribution in [2.45, 2.75) is 27.3 Å². The quantitative estimate of drug-likeness (QED) is 0.707. The Morgan fingerprint density at radius 1 is 1.60 bits per heavy atom. The molecule has 1 aromatic rings. The first-order valence-electron chi connectivity index (χ1n) is 4.82. The summed E-state index contributed by atoms with van der Waals surface area (Å²) in [6.45, 7) is 5.63. The summed E-state index contributed by atoms with van der Waals surface area (Å²) in [7, 11) is 0. The Balaban J connectivity index is 3.31. The van der Waals surface area contributed by atoms with Crippen LogP contribution in [0.2, 0.25) is 0 Å². The minimum atomic E-state index is -0.00792. The number of rotatable bonds is 3. The zero-order chi connectivity index (χ0) is 11.4. The molecule has 0 atom stereocenters. The molecule has 3 heteroatoms. The number of Topliss-reactive ketones (excluding diaryl/α,β-unsaturated/α-hetero) is 1. The normalized spacial score (nSPS) is 11.2. The summed E-state index contributed by atoms with van der Waals surface area (Å²) in [5, 5.41) is 8.63. The number of hydrogen-bond donors (Lipinski definition) is 0. The Morgan fingerprint density at radius 2 is 2.27 bits per heavy atom. The van der Waals surface area contributed by atoms with Crippen LogP contribution in [0.4, 0.5) is 0 Å². The first kappa shape index (κ1) is 11.3. The highest BCUT2D eigenvalue weighted by Gasteiger charge is 2.13. The van der Waals surface area contributed by atoms with E-state index in [1.54, 1.807) is 10.8 Å². The van der Waals surface area contributed by atoms with E-state index in [1.807, 2.05) is 32.1 Å². The van der Waals surface area contributed by atoms with Crippen LogP contribution in [-0.4, -0.2) is 10.4 Å². The molecule has 0 aliphatic heterocycles. The number of aromatic nitrogens is 1. The van der Waals surface area contributed by atoms with E-state index in [0.29, 0.717) is 5.69 Å². The molecular formula is C12H14N2O. The maximum absolute atomic E-state index is 11.5. The van der Waals surface area contributed by atoms with Gasteiger partial charge in [-0.3, -0.25) is 4.79 Å². The fourth-order valence-corrected chi connectivity index (χ4v) is 1.55. The van der Waals surface area contributed by atoms with Crippen molar-refractivity contribution < 1.29 is 4.79 Å².